The summed E-state index contributed by atoms with van der Waals surface area (Å²) >= 11 is 9.74. The largest absolute Gasteiger partial charge is 0.268 e. The van der Waals surface area contributed by atoms with Crippen LogP contribution in [-0.4, -0.2) is 15.7 Å². The van der Waals surface area contributed by atoms with Crippen LogP contribution in [0.4, 0.5) is 0 Å². The summed E-state index contributed by atoms with van der Waals surface area (Å²) in [4.78, 5) is 0. The highest BCUT2D eigenvalue weighted by atomic mass is 79.9. The SMILES string of the molecule is CCc1nn(CC)c(CC(CCl)C(C)C)c1Br. The molecule has 0 amide bonds. The van der Waals surface area contributed by atoms with E-state index in [-0.39, 0.29) is 0 Å². The van der Waals surface area contributed by atoms with E-state index in [0.717, 1.165) is 25.1 Å². The zero-order chi connectivity index (χ0) is 13.0. The van der Waals surface area contributed by atoms with Gasteiger partial charge in [0.2, 0.25) is 0 Å². The summed E-state index contributed by atoms with van der Waals surface area (Å²) < 4.78 is 3.28. The molecule has 0 N–H and O–H groups in total. The summed E-state index contributed by atoms with van der Waals surface area (Å²) in [5.74, 6) is 1.82. The number of alkyl halides is 1. The molecule has 0 aromatic carbocycles. The average Bonchev–Trinajstić information content (AvgIpc) is 2.62. The Bertz CT molecular complexity index is 361. The van der Waals surface area contributed by atoms with E-state index >= 15 is 0 Å². The van der Waals surface area contributed by atoms with Gasteiger partial charge in [0.1, 0.15) is 0 Å². The molecule has 1 rings (SSSR count). The number of hydrogen-bond acceptors (Lipinski definition) is 1. The fourth-order valence-corrected chi connectivity index (χ4v) is 3.12. The summed E-state index contributed by atoms with van der Waals surface area (Å²) in [5.41, 5.74) is 2.45. The Kier molecular flexibility index (Phi) is 6.01. The van der Waals surface area contributed by atoms with Gasteiger partial charge < -0.3 is 0 Å². The minimum atomic E-state index is 0.514. The third-order valence-corrected chi connectivity index (χ3v) is 4.60. The van der Waals surface area contributed by atoms with Crippen molar-refractivity contribution in [1.82, 2.24) is 9.78 Å². The molecule has 0 spiro atoms. The van der Waals surface area contributed by atoms with Gasteiger partial charge in [0.15, 0.2) is 0 Å². The molecule has 0 aliphatic heterocycles. The zero-order valence-electron chi connectivity index (χ0n) is 11.1. The Balaban J connectivity index is 2.99. The van der Waals surface area contributed by atoms with Crippen molar-refractivity contribution in [3.8, 4) is 0 Å². The lowest BCUT2D eigenvalue weighted by atomic mass is 9.93. The van der Waals surface area contributed by atoms with E-state index in [1.807, 2.05) is 0 Å². The van der Waals surface area contributed by atoms with E-state index in [4.69, 9.17) is 11.6 Å². The standard InChI is InChI=1S/C13H22BrClN2/c1-5-11-13(14)12(17(6-2)16-11)7-10(8-15)9(3)4/h9-10H,5-8H2,1-4H3. The Morgan fingerprint density at radius 3 is 2.41 bits per heavy atom. The van der Waals surface area contributed by atoms with Crippen molar-refractivity contribution in [2.45, 2.75) is 47.1 Å². The van der Waals surface area contributed by atoms with Gasteiger partial charge in [-0.15, -0.1) is 11.6 Å². The first kappa shape index (κ1) is 15.0. The van der Waals surface area contributed by atoms with Crippen molar-refractivity contribution in [2.75, 3.05) is 5.88 Å². The molecular weight excluding hydrogens is 300 g/mol. The molecule has 0 saturated heterocycles. The van der Waals surface area contributed by atoms with Crippen molar-refractivity contribution in [1.29, 1.82) is 0 Å². The van der Waals surface area contributed by atoms with Crippen LogP contribution in [0, 0.1) is 11.8 Å². The minimum absolute atomic E-state index is 0.514. The van der Waals surface area contributed by atoms with Crippen LogP contribution >= 0.6 is 27.5 Å². The summed E-state index contributed by atoms with van der Waals surface area (Å²) in [7, 11) is 0. The molecule has 1 unspecified atom stereocenters. The highest BCUT2D eigenvalue weighted by molar-refractivity contribution is 9.10. The third-order valence-electron chi connectivity index (χ3n) is 3.29. The summed E-state index contributed by atoms with van der Waals surface area (Å²) in [6.45, 7) is 9.65. The predicted molar refractivity (Wildman–Crippen MR) is 77.7 cm³/mol. The predicted octanol–water partition coefficient (Wildman–Crippen LogP) is 4.28. The van der Waals surface area contributed by atoms with Crippen molar-refractivity contribution in [3.05, 3.63) is 15.9 Å². The summed E-state index contributed by atoms with van der Waals surface area (Å²) in [5, 5.41) is 4.62. The van der Waals surface area contributed by atoms with E-state index in [1.165, 1.54) is 10.2 Å². The molecule has 0 radical (unpaired) electrons. The van der Waals surface area contributed by atoms with Gasteiger partial charge in [0, 0.05) is 12.4 Å². The van der Waals surface area contributed by atoms with E-state index in [1.54, 1.807) is 0 Å². The van der Waals surface area contributed by atoms with Gasteiger partial charge in [-0.05, 0) is 47.5 Å². The maximum atomic E-state index is 6.06. The van der Waals surface area contributed by atoms with E-state index in [9.17, 15) is 0 Å². The fraction of sp³-hybridized carbons (Fsp3) is 0.769. The Labute approximate surface area is 118 Å². The Morgan fingerprint density at radius 2 is 2.00 bits per heavy atom. The molecule has 1 aromatic heterocycles. The molecule has 98 valence electrons. The number of aromatic nitrogens is 2. The van der Waals surface area contributed by atoms with Crippen molar-refractivity contribution < 1.29 is 0 Å². The first-order valence-corrected chi connectivity index (χ1v) is 7.67. The monoisotopic (exact) mass is 320 g/mol. The van der Waals surface area contributed by atoms with Crippen LogP contribution in [0.2, 0.25) is 0 Å². The smallest absolute Gasteiger partial charge is 0.0766 e. The number of rotatable bonds is 6. The van der Waals surface area contributed by atoms with Crippen LogP contribution in [-0.2, 0) is 19.4 Å². The molecule has 1 atom stereocenters. The molecule has 1 heterocycles. The van der Waals surface area contributed by atoms with Gasteiger partial charge in [0.25, 0.3) is 0 Å². The van der Waals surface area contributed by atoms with E-state index in [2.05, 4.69) is 53.4 Å². The van der Waals surface area contributed by atoms with E-state index < -0.39 is 0 Å². The molecule has 0 saturated carbocycles. The lowest BCUT2D eigenvalue weighted by molar-refractivity contribution is 0.408. The van der Waals surface area contributed by atoms with Gasteiger partial charge in [-0.25, -0.2) is 0 Å². The van der Waals surface area contributed by atoms with Crippen LogP contribution in [0.5, 0.6) is 0 Å². The van der Waals surface area contributed by atoms with E-state index in [0.29, 0.717) is 17.7 Å². The Morgan fingerprint density at radius 1 is 1.35 bits per heavy atom. The second kappa shape index (κ2) is 6.79. The van der Waals surface area contributed by atoms with Crippen molar-refractivity contribution in [3.63, 3.8) is 0 Å². The summed E-state index contributed by atoms with van der Waals surface area (Å²) in [6, 6.07) is 0. The van der Waals surface area contributed by atoms with Gasteiger partial charge in [0.05, 0.1) is 15.9 Å². The molecule has 17 heavy (non-hydrogen) atoms. The highest BCUT2D eigenvalue weighted by Gasteiger charge is 2.20. The molecule has 0 aliphatic carbocycles. The average molecular weight is 322 g/mol. The third kappa shape index (κ3) is 3.47. The number of aryl methyl sites for hydroxylation is 2. The minimum Gasteiger partial charge on any atom is -0.268 e. The zero-order valence-corrected chi connectivity index (χ0v) is 13.5. The molecule has 1 aromatic rings. The lowest BCUT2D eigenvalue weighted by Gasteiger charge is -2.18. The van der Waals surface area contributed by atoms with Crippen LogP contribution < -0.4 is 0 Å². The van der Waals surface area contributed by atoms with Gasteiger partial charge in [-0.2, -0.15) is 5.10 Å². The van der Waals surface area contributed by atoms with Gasteiger partial charge in [-0.1, -0.05) is 20.8 Å². The second-order valence-corrected chi connectivity index (χ2v) is 5.84. The van der Waals surface area contributed by atoms with Gasteiger partial charge >= 0.3 is 0 Å². The maximum Gasteiger partial charge on any atom is 0.0766 e. The molecule has 0 fully saturated rings. The number of hydrogen-bond donors (Lipinski definition) is 0. The number of halogens is 2. The topological polar surface area (TPSA) is 17.8 Å². The van der Waals surface area contributed by atoms with Gasteiger partial charge in [-0.3, -0.25) is 4.68 Å². The second-order valence-electron chi connectivity index (χ2n) is 4.74. The molecule has 0 bridgehead atoms. The summed E-state index contributed by atoms with van der Waals surface area (Å²) in [6.07, 6.45) is 1.97. The molecular formula is C13H22BrClN2. The lowest BCUT2D eigenvalue weighted by Crippen LogP contribution is -2.16. The van der Waals surface area contributed by atoms with Crippen molar-refractivity contribution in [2.24, 2.45) is 11.8 Å². The molecule has 2 nitrogen and oxygen atoms in total. The fourth-order valence-electron chi connectivity index (χ4n) is 1.93. The molecule has 0 aliphatic rings. The Hall–Kier alpha value is -0.0200. The molecule has 4 heteroatoms. The quantitative estimate of drug-likeness (QED) is 0.715. The van der Waals surface area contributed by atoms with Crippen molar-refractivity contribution >= 4 is 27.5 Å². The van der Waals surface area contributed by atoms with Crippen LogP contribution in [0.15, 0.2) is 4.47 Å². The number of nitrogens with zero attached hydrogens (tertiary/aromatic N) is 2. The first-order valence-electron chi connectivity index (χ1n) is 6.35. The maximum absolute atomic E-state index is 6.06. The normalized spacial score (nSPS) is 13.4. The highest BCUT2D eigenvalue weighted by Crippen LogP contribution is 2.27. The van der Waals surface area contributed by atoms with Crippen LogP contribution in [0.3, 0.4) is 0 Å². The van der Waals surface area contributed by atoms with Crippen LogP contribution in [0.1, 0.15) is 39.1 Å². The first-order chi connectivity index (χ1) is 8.04. The van der Waals surface area contributed by atoms with Crippen LogP contribution in [0.25, 0.3) is 0 Å².